The summed E-state index contributed by atoms with van der Waals surface area (Å²) in [5.41, 5.74) is 15.8. The summed E-state index contributed by atoms with van der Waals surface area (Å²) < 4.78 is 6.01. The van der Waals surface area contributed by atoms with E-state index < -0.39 is 5.91 Å². The van der Waals surface area contributed by atoms with Crippen LogP contribution in [-0.2, 0) is 13.0 Å². The molecule has 5 N–H and O–H groups in total. The lowest BCUT2D eigenvalue weighted by Gasteiger charge is -2.42. The Morgan fingerprint density at radius 1 is 1.00 bits per heavy atom. The number of benzene rings is 2. The van der Waals surface area contributed by atoms with E-state index in [0.717, 1.165) is 37.4 Å². The van der Waals surface area contributed by atoms with Gasteiger partial charge in [-0.05, 0) is 56.6 Å². The molecule has 0 bridgehead atoms. The molecule has 1 aromatic heterocycles. The molecule has 2 aliphatic rings. The predicted octanol–water partition coefficient (Wildman–Crippen LogP) is 3.26. The number of nitrogens with zero attached hydrogens (tertiary/aromatic N) is 5. The molecule has 2 saturated heterocycles. The monoisotopic (exact) mass is 544 g/mol. The van der Waals surface area contributed by atoms with Crippen LogP contribution in [0.4, 0.5) is 22.9 Å². The van der Waals surface area contributed by atoms with E-state index in [0.29, 0.717) is 29.7 Å². The van der Waals surface area contributed by atoms with Gasteiger partial charge in [0.2, 0.25) is 5.88 Å². The number of piperazine rings is 1. The van der Waals surface area contributed by atoms with Crippen molar-refractivity contribution in [3.8, 4) is 5.88 Å². The number of carbonyl (C=O) groups is 1. The number of amides is 1. The summed E-state index contributed by atoms with van der Waals surface area (Å²) in [4.78, 5) is 28.9. The lowest BCUT2D eigenvalue weighted by Crippen LogP contribution is -2.52. The van der Waals surface area contributed by atoms with Crippen LogP contribution in [0.2, 0.25) is 0 Å². The summed E-state index contributed by atoms with van der Waals surface area (Å²) in [5, 5.41) is 3.23. The number of para-hydroxylation sites is 1. The molecule has 0 atom stereocenters. The number of nitrogen functional groups attached to an aromatic ring is 1. The maximum absolute atomic E-state index is 12.2. The van der Waals surface area contributed by atoms with Crippen LogP contribution in [0.25, 0.3) is 0 Å². The second kappa shape index (κ2) is 12.5. The molecular formula is C30H40N8O2. The van der Waals surface area contributed by atoms with E-state index in [1.165, 1.54) is 31.6 Å². The molecule has 10 nitrogen and oxygen atoms in total. The molecule has 1 amide bonds. The maximum Gasteiger partial charge on any atom is 0.271 e. The zero-order chi connectivity index (χ0) is 28.1. The molecule has 5 rings (SSSR count). The first-order valence-electron chi connectivity index (χ1n) is 14.1. The van der Waals surface area contributed by atoms with E-state index in [1.54, 1.807) is 0 Å². The first-order valence-corrected chi connectivity index (χ1v) is 14.1. The van der Waals surface area contributed by atoms with Crippen molar-refractivity contribution < 1.29 is 9.53 Å². The largest absolute Gasteiger partial charge is 0.471 e. The highest BCUT2D eigenvalue weighted by molar-refractivity contribution is 5.96. The highest BCUT2D eigenvalue weighted by Crippen LogP contribution is 2.28. The van der Waals surface area contributed by atoms with Crippen LogP contribution >= 0.6 is 0 Å². The SMILES string of the molecule is CCc1nc(C(N)=O)c(Nc2ccc(N3CCC(N4CCN(C)CC4)CC3)cc2)nc1OCc1ccccc1N. The van der Waals surface area contributed by atoms with E-state index in [-0.39, 0.29) is 18.1 Å². The van der Waals surface area contributed by atoms with Gasteiger partial charge in [0.1, 0.15) is 12.3 Å². The number of piperidine rings is 1. The number of carbonyl (C=O) groups excluding carboxylic acids is 1. The van der Waals surface area contributed by atoms with Gasteiger partial charge >= 0.3 is 0 Å². The Kier molecular flexibility index (Phi) is 8.66. The number of hydrogen-bond donors (Lipinski definition) is 3. The van der Waals surface area contributed by atoms with Crippen LogP contribution in [0.15, 0.2) is 48.5 Å². The van der Waals surface area contributed by atoms with Gasteiger partial charge in [0.15, 0.2) is 11.5 Å². The van der Waals surface area contributed by atoms with Gasteiger partial charge in [-0.15, -0.1) is 0 Å². The van der Waals surface area contributed by atoms with E-state index in [9.17, 15) is 4.79 Å². The average Bonchev–Trinajstić information content (AvgIpc) is 2.97. The van der Waals surface area contributed by atoms with Crippen LogP contribution in [0, 0.1) is 0 Å². The van der Waals surface area contributed by atoms with Crippen LogP contribution in [-0.4, -0.2) is 78.0 Å². The normalized spacial score (nSPS) is 17.1. The van der Waals surface area contributed by atoms with Gasteiger partial charge in [-0.3, -0.25) is 9.69 Å². The van der Waals surface area contributed by atoms with Gasteiger partial charge < -0.3 is 31.3 Å². The number of ether oxygens (including phenoxy) is 1. The highest BCUT2D eigenvalue weighted by Gasteiger charge is 2.27. The number of rotatable bonds is 9. The molecule has 0 spiro atoms. The third-order valence-electron chi connectivity index (χ3n) is 7.93. The minimum Gasteiger partial charge on any atom is -0.471 e. The van der Waals surface area contributed by atoms with Crippen LogP contribution in [0.3, 0.4) is 0 Å². The quantitative estimate of drug-likeness (QED) is 0.348. The van der Waals surface area contributed by atoms with Crippen molar-refractivity contribution in [3.05, 3.63) is 65.5 Å². The molecule has 0 aliphatic carbocycles. The van der Waals surface area contributed by atoms with Crippen molar-refractivity contribution in [2.24, 2.45) is 5.73 Å². The summed E-state index contributed by atoms with van der Waals surface area (Å²) in [7, 11) is 2.20. The number of likely N-dealkylation sites (N-methyl/N-ethyl adjacent to an activating group) is 1. The molecule has 3 heterocycles. The van der Waals surface area contributed by atoms with Gasteiger partial charge in [0.05, 0.1) is 0 Å². The number of nitrogens with two attached hydrogens (primary N) is 2. The summed E-state index contributed by atoms with van der Waals surface area (Å²) >= 11 is 0. The van der Waals surface area contributed by atoms with Crippen molar-refractivity contribution in [3.63, 3.8) is 0 Å². The molecule has 0 unspecified atom stereocenters. The number of primary amides is 1. The fourth-order valence-corrected chi connectivity index (χ4v) is 5.44. The van der Waals surface area contributed by atoms with Crippen molar-refractivity contribution in [1.82, 2.24) is 19.8 Å². The smallest absolute Gasteiger partial charge is 0.271 e. The van der Waals surface area contributed by atoms with E-state index in [2.05, 4.69) is 49.2 Å². The Balaban J connectivity index is 1.25. The maximum atomic E-state index is 12.2. The summed E-state index contributed by atoms with van der Waals surface area (Å²) in [6.45, 7) is 8.93. The number of anilines is 4. The molecule has 2 fully saturated rings. The Hall–Kier alpha value is -3.89. The van der Waals surface area contributed by atoms with Crippen LogP contribution < -0.4 is 26.4 Å². The Morgan fingerprint density at radius 2 is 1.70 bits per heavy atom. The van der Waals surface area contributed by atoms with Crippen LogP contribution in [0.1, 0.15) is 41.5 Å². The molecule has 10 heteroatoms. The van der Waals surface area contributed by atoms with Crippen molar-refractivity contribution >= 4 is 28.8 Å². The summed E-state index contributed by atoms with van der Waals surface area (Å²) in [6, 6.07) is 16.4. The fourth-order valence-electron chi connectivity index (χ4n) is 5.44. The molecule has 0 saturated carbocycles. The third-order valence-corrected chi connectivity index (χ3v) is 7.93. The number of hydrogen-bond acceptors (Lipinski definition) is 9. The second-order valence-corrected chi connectivity index (χ2v) is 10.6. The Labute approximate surface area is 236 Å². The summed E-state index contributed by atoms with van der Waals surface area (Å²) in [6.07, 6.45) is 2.90. The van der Waals surface area contributed by atoms with Gasteiger partial charge in [0, 0.05) is 67.9 Å². The van der Waals surface area contributed by atoms with Crippen molar-refractivity contribution in [2.75, 3.05) is 62.3 Å². The zero-order valence-corrected chi connectivity index (χ0v) is 23.5. The first-order chi connectivity index (χ1) is 19.4. The second-order valence-electron chi connectivity index (χ2n) is 10.6. The molecule has 3 aromatic rings. The topological polar surface area (TPSA) is 126 Å². The first kappa shape index (κ1) is 27.7. The summed E-state index contributed by atoms with van der Waals surface area (Å²) in [5.74, 6) is -0.0389. The van der Waals surface area contributed by atoms with E-state index in [1.807, 2.05) is 43.3 Å². The van der Waals surface area contributed by atoms with Gasteiger partial charge in [-0.25, -0.2) is 4.98 Å². The third kappa shape index (κ3) is 6.46. The van der Waals surface area contributed by atoms with Gasteiger partial charge in [-0.2, -0.15) is 4.98 Å². The van der Waals surface area contributed by atoms with E-state index in [4.69, 9.17) is 16.2 Å². The molecule has 0 radical (unpaired) electrons. The lowest BCUT2D eigenvalue weighted by atomic mass is 10.0. The van der Waals surface area contributed by atoms with E-state index >= 15 is 0 Å². The lowest BCUT2D eigenvalue weighted by molar-refractivity contribution is 0.0982. The standard InChI is InChI=1S/C30H40N8O2/c1-3-26-30(40-20-21-6-4-5-7-25(21)31)35-29(27(34-26)28(32)39)33-22-8-10-23(11-9-22)37-14-12-24(13-15-37)38-18-16-36(2)17-19-38/h4-11,24H,3,12-20,31H2,1-2H3,(H2,32,39)(H,33,35). The highest BCUT2D eigenvalue weighted by atomic mass is 16.5. The molecule has 2 aromatic carbocycles. The average molecular weight is 545 g/mol. The molecule has 2 aliphatic heterocycles. The fraction of sp³-hybridized carbons (Fsp3) is 0.433. The van der Waals surface area contributed by atoms with Crippen LogP contribution in [0.5, 0.6) is 5.88 Å². The minimum atomic E-state index is -0.650. The van der Waals surface area contributed by atoms with Gasteiger partial charge in [-0.1, -0.05) is 25.1 Å². The Morgan fingerprint density at radius 3 is 2.35 bits per heavy atom. The molecular weight excluding hydrogens is 504 g/mol. The van der Waals surface area contributed by atoms with Crippen molar-refractivity contribution in [2.45, 2.75) is 38.8 Å². The van der Waals surface area contributed by atoms with Crippen molar-refractivity contribution in [1.29, 1.82) is 0 Å². The number of aromatic nitrogens is 2. The Bertz CT molecular complexity index is 1300. The predicted molar refractivity (Wildman–Crippen MR) is 159 cm³/mol. The zero-order valence-electron chi connectivity index (χ0n) is 23.5. The molecule has 40 heavy (non-hydrogen) atoms. The molecule has 212 valence electrons. The number of nitrogens with one attached hydrogen (secondary N) is 1. The number of aryl methyl sites for hydroxylation is 1. The van der Waals surface area contributed by atoms with Gasteiger partial charge in [0.25, 0.3) is 5.91 Å². The minimum absolute atomic E-state index is 0.0819.